The van der Waals surface area contributed by atoms with E-state index < -0.39 is 56.6 Å². The molecule has 3 rings (SSSR count). The summed E-state index contributed by atoms with van der Waals surface area (Å²) < 4.78 is 83.9. The minimum atomic E-state index is -5.29. The summed E-state index contributed by atoms with van der Waals surface area (Å²) in [5.74, 6) is 0. The molecule has 0 N–H and O–H groups in total. The fraction of sp³-hybridized carbons (Fsp3) is 0.118. The van der Waals surface area contributed by atoms with Crippen LogP contribution >= 0.6 is 0 Å². The Morgan fingerprint density at radius 2 is 1.47 bits per heavy atom. The monoisotopic (exact) mass is 419 g/mol. The van der Waals surface area contributed by atoms with Gasteiger partial charge in [-0.1, -0.05) is 0 Å². The smallest absolute Gasteiger partial charge is 0.307 e. The molecule has 1 aromatic heterocycles. The predicted molar refractivity (Wildman–Crippen MR) is 83.8 cm³/mol. The van der Waals surface area contributed by atoms with Gasteiger partial charge in [0.2, 0.25) is 6.19 Å². The summed E-state index contributed by atoms with van der Waals surface area (Å²) >= 11 is 0. The second-order valence-corrected chi connectivity index (χ2v) is 5.69. The second-order valence-electron chi connectivity index (χ2n) is 5.69. The first-order valence-electron chi connectivity index (χ1n) is 7.54. The van der Waals surface area contributed by atoms with Crippen LogP contribution in [0.2, 0.25) is 0 Å². The van der Waals surface area contributed by atoms with Gasteiger partial charge >= 0.3 is 12.4 Å². The number of alkyl halides is 6. The fourth-order valence-corrected chi connectivity index (χ4v) is 3.15. The van der Waals surface area contributed by atoms with Crippen LogP contribution in [0.5, 0.6) is 0 Å². The molecule has 3 heterocycles. The van der Waals surface area contributed by atoms with Crippen molar-refractivity contribution in [2.24, 2.45) is 4.99 Å². The third-order valence-electron chi connectivity index (χ3n) is 4.10. The molecule has 30 heavy (non-hydrogen) atoms. The van der Waals surface area contributed by atoms with Gasteiger partial charge in [0, 0.05) is 23.7 Å². The van der Waals surface area contributed by atoms with E-state index in [2.05, 4.69) is 4.99 Å². The molecule has 2 aliphatic rings. The van der Waals surface area contributed by atoms with E-state index in [0.717, 1.165) is 0 Å². The first-order valence-corrected chi connectivity index (χ1v) is 7.54. The van der Waals surface area contributed by atoms with E-state index >= 15 is 0 Å². The summed E-state index contributed by atoms with van der Waals surface area (Å²) in [5, 5.41) is 34.4. The summed E-state index contributed by atoms with van der Waals surface area (Å²) in [6.07, 6.45) is -7.90. The molecule has 148 valence electrons. The van der Waals surface area contributed by atoms with Crippen LogP contribution in [0.1, 0.15) is 22.5 Å². The van der Waals surface area contributed by atoms with Crippen molar-refractivity contribution in [3.63, 3.8) is 0 Å². The largest absolute Gasteiger partial charge is 0.433 e. The standard InChI is InChI=1S/C17H3F6N7/c18-16(19,20)14-12-10(1-2-24)8(3-25)5-29(12)15(17(21,22)23)13-11(28-7-27)9(4-26)6-30(13)14/h1,5-6H/b10-1+,28-11?. The number of hydrogen-bond donors (Lipinski definition) is 0. The van der Waals surface area contributed by atoms with Gasteiger partial charge in [-0.15, -0.1) is 0 Å². The SMILES string of the molecule is N#C/C=c1\c(C#N)cn2c(C(F)(F)F)c3c(=NC#N)c(C#N)cn-3c(C(F)(F)F)c12. The number of rotatable bonds is 0. The third-order valence-corrected chi connectivity index (χ3v) is 4.10. The van der Waals surface area contributed by atoms with Crippen molar-refractivity contribution in [3.8, 4) is 30.1 Å². The third kappa shape index (κ3) is 2.78. The van der Waals surface area contributed by atoms with Gasteiger partial charge in [0.05, 0.1) is 22.7 Å². The highest BCUT2D eigenvalue weighted by molar-refractivity contribution is 5.70. The maximum Gasteiger partial charge on any atom is 0.433 e. The molecule has 1 aromatic rings. The van der Waals surface area contributed by atoms with E-state index in [1.807, 2.05) is 0 Å². The van der Waals surface area contributed by atoms with Gasteiger partial charge in [0.25, 0.3) is 0 Å². The molecule has 0 unspecified atom stereocenters. The first kappa shape index (κ1) is 20.2. The lowest BCUT2D eigenvalue weighted by Crippen LogP contribution is -2.28. The highest BCUT2D eigenvalue weighted by Gasteiger charge is 2.46. The Morgan fingerprint density at radius 3 is 1.93 bits per heavy atom. The zero-order chi connectivity index (χ0) is 22.4. The zero-order valence-electron chi connectivity index (χ0n) is 14.1. The Kier molecular flexibility index (Phi) is 4.41. The molecule has 0 spiro atoms. The summed E-state index contributed by atoms with van der Waals surface area (Å²) in [6.45, 7) is 0. The van der Waals surface area contributed by atoms with Gasteiger partial charge in [-0.2, -0.15) is 52.4 Å². The highest BCUT2D eigenvalue weighted by atomic mass is 19.4. The lowest BCUT2D eigenvalue weighted by Gasteiger charge is -2.22. The van der Waals surface area contributed by atoms with Gasteiger partial charge in [-0.25, -0.2) is 0 Å². The quantitative estimate of drug-likeness (QED) is 0.411. The molecule has 0 bridgehead atoms. The number of nitrogens with zero attached hydrogens (tertiary/aromatic N) is 7. The Labute approximate surface area is 161 Å². The van der Waals surface area contributed by atoms with Crippen LogP contribution < -0.4 is 10.6 Å². The molecule has 0 saturated carbocycles. The molecule has 0 fully saturated rings. The minimum Gasteiger partial charge on any atom is -0.307 e. The lowest BCUT2D eigenvalue weighted by molar-refractivity contribution is -0.147. The van der Waals surface area contributed by atoms with Crippen LogP contribution in [-0.4, -0.2) is 8.97 Å². The molecule has 2 aliphatic heterocycles. The van der Waals surface area contributed by atoms with Crippen molar-refractivity contribution in [2.45, 2.75) is 12.4 Å². The number of nitriles is 4. The average Bonchev–Trinajstić information content (AvgIpc) is 3.16. The summed E-state index contributed by atoms with van der Waals surface area (Å²) in [7, 11) is 0. The van der Waals surface area contributed by atoms with Gasteiger partial charge in [-0.3, -0.25) is 0 Å². The van der Waals surface area contributed by atoms with Gasteiger partial charge in [0.15, 0.2) is 11.4 Å². The molecule has 13 heteroatoms. The van der Waals surface area contributed by atoms with Gasteiger partial charge < -0.3 is 8.97 Å². The molecular formula is C17H3F6N7. The van der Waals surface area contributed by atoms with Crippen LogP contribution in [0.25, 0.3) is 17.3 Å². The van der Waals surface area contributed by atoms with Crippen molar-refractivity contribution in [1.29, 1.82) is 21.0 Å². The Hall–Kier alpha value is -4.49. The van der Waals surface area contributed by atoms with E-state index in [-0.39, 0.29) is 8.97 Å². The average molecular weight is 419 g/mol. The van der Waals surface area contributed by atoms with Crippen molar-refractivity contribution < 1.29 is 26.3 Å². The van der Waals surface area contributed by atoms with Crippen LogP contribution in [0, 0.1) is 45.4 Å². The van der Waals surface area contributed by atoms with Gasteiger partial charge in [-0.05, 0) is 0 Å². The van der Waals surface area contributed by atoms with E-state index in [1.165, 1.54) is 24.4 Å². The van der Waals surface area contributed by atoms with Crippen molar-refractivity contribution in [2.75, 3.05) is 0 Å². The second kappa shape index (κ2) is 6.54. The van der Waals surface area contributed by atoms with E-state index in [4.69, 9.17) is 15.8 Å². The fourth-order valence-electron chi connectivity index (χ4n) is 3.15. The van der Waals surface area contributed by atoms with E-state index in [1.54, 1.807) is 0 Å². The van der Waals surface area contributed by atoms with Crippen LogP contribution in [0.4, 0.5) is 26.3 Å². The molecule has 7 nitrogen and oxygen atoms in total. The first-order chi connectivity index (χ1) is 14.0. The maximum absolute atomic E-state index is 14.0. The maximum atomic E-state index is 14.0. The Balaban J connectivity index is 2.91. The van der Waals surface area contributed by atoms with Crippen LogP contribution in [0.15, 0.2) is 17.4 Å². The zero-order valence-corrected chi connectivity index (χ0v) is 14.1. The van der Waals surface area contributed by atoms with Crippen LogP contribution in [0.3, 0.4) is 0 Å². The number of aromatic nitrogens is 2. The topological polar surface area (TPSA) is 117 Å². The van der Waals surface area contributed by atoms with Crippen LogP contribution in [-0.2, 0) is 12.4 Å². The molecule has 0 atom stereocenters. The van der Waals surface area contributed by atoms with Crippen molar-refractivity contribution >= 4 is 11.6 Å². The Morgan fingerprint density at radius 1 is 0.867 bits per heavy atom. The molecule has 0 saturated heterocycles. The summed E-state index contributed by atoms with van der Waals surface area (Å²) in [4.78, 5) is 3.11. The molecular weight excluding hydrogens is 416 g/mol. The van der Waals surface area contributed by atoms with E-state index in [0.29, 0.717) is 18.5 Å². The number of halogens is 6. The summed E-state index contributed by atoms with van der Waals surface area (Å²) in [6, 6.07) is 4.28. The predicted octanol–water partition coefficient (Wildman–Crippen LogP) is 2.35. The number of fused-ring (bicyclic) bond motifs is 2. The normalized spacial score (nSPS) is 13.3. The van der Waals surface area contributed by atoms with Crippen molar-refractivity contribution in [1.82, 2.24) is 8.97 Å². The molecule has 0 aliphatic carbocycles. The number of hydrogen-bond acceptors (Lipinski definition) is 5. The van der Waals surface area contributed by atoms with Crippen molar-refractivity contribution in [3.05, 3.63) is 45.5 Å². The lowest BCUT2D eigenvalue weighted by atomic mass is 10.2. The Bertz CT molecular complexity index is 1440. The summed E-state index contributed by atoms with van der Waals surface area (Å²) in [5.41, 5.74) is -6.99. The molecule has 0 amide bonds. The highest BCUT2D eigenvalue weighted by Crippen LogP contribution is 2.40. The molecule has 0 aromatic carbocycles. The molecule has 0 radical (unpaired) electrons. The minimum absolute atomic E-state index is 0.0583. The van der Waals surface area contributed by atoms with E-state index in [9.17, 15) is 31.6 Å². The van der Waals surface area contributed by atoms with Gasteiger partial charge in [0.1, 0.15) is 23.2 Å².